The summed E-state index contributed by atoms with van der Waals surface area (Å²) < 4.78 is 12.1. The van der Waals surface area contributed by atoms with E-state index in [9.17, 15) is 0 Å². The minimum Gasteiger partial charge on any atom is -0.492 e. The summed E-state index contributed by atoms with van der Waals surface area (Å²) in [5.74, 6) is 1.92. The number of aryl methyl sites for hydroxylation is 1. The number of likely N-dealkylation sites (tertiary alicyclic amines) is 1. The fraction of sp³-hybridized carbons (Fsp3) is 0.429. The minimum atomic E-state index is -0.0599. The summed E-state index contributed by atoms with van der Waals surface area (Å²) in [6.45, 7) is 8.13. The SMILES string of the molecule is Cc1ccc(OCCN2CCC(C)(Oc3ccccc3)CC2)cc1. The summed E-state index contributed by atoms with van der Waals surface area (Å²) in [4.78, 5) is 2.46. The van der Waals surface area contributed by atoms with Gasteiger partial charge in [0.2, 0.25) is 0 Å². The van der Waals surface area contributed by atoms with Gasteiger partial charge >= 0.3 is 0 Å². The standard InChI is InChI=1S/C21H27NO2/c1-18-8-10-19(11-9-18)23-17-16-22-14-12-21(2,13-15-22)24-20-6-4-3-5-7-20/h3-11H,12-17H2,1-2H3. The third-order valence-electron chi connectivity index (χ3n) is 4.72. The lowest BCUT2D eigenvalue weighted by Gasteiger charge is -2.39. The number of para-hydroxylation sites is 1. The minimum absolute atomic E-state index is 0.0599. The van der Waals surface area contributed by atoms with Gasteiger partial charge in [0, 0.05) is 19.6 Å². The van der Waals surface area contributed by atoms with E-state index in [0.29, 0.717) is 0 Å². The molecule has 0 unspecified atom stereocenters. The third kappa shape index (κ3) is 4.75. The summed E-state index contributed by atoms with van der Waals surface area (Å²) in [5, 5.41) is 0. The average molecular weight is 325 g/mol. The average Bonchev–Trinajstić information content (AvgIpc) is 2.59. The number of hydrogen-bond acceptors (Lipinski definition) is 3. The molecule has 0 atom stereocenters. The zero-order chi connectivity index (χ0) is 16.8. The van der Waals surface area contributed by atoms with Gasteiger partial charge in [-0.25, -0.2) is 0 Å². The Bertz CT molecular complexity index is 616. The molecule has 0 spiro atoms. The van der Waals surface area contributed by atoms with E-state index in [-0.39, 0.29) is 5.60 Å². The van der Waals surface area contributed by atoms with E-state index in [2.05, 4.69) is 30.9 Å². The molecule has 1 aliphatic heterocycles. The Labute approximate surface area is 145 Å². The second-order valence-corrected chi connectivity index (χ2v) is 6.87. The molecule has 1 fully saturated rings. The fourth-order valence-electron chi connectivity index (χ4n) is 3.05. The Morgan fingerprint density at radius 3 is 2.25 bits per heavy atom. The van der Waals surface area contributed by atoms with Crippen molar-refractivity contribution < 1.29 is 9.47 Å². The highest BCUT2D eigenvalue weighted by molar-refractivity contribution is 5.26. The van der Waals surface area contributed by atoms with Crippen molar-refractivity contribution in [3.63, 3.8) is 0 Å². The van der Waals surface area contributed by atoms with Crippen LogP contribution in [0.1, 0.15) is 25.3 Å². The summed E-state index contributed by atoms with van der Waals surface area (Å²) >= 11 is 0. The molecule has 2 aromatic rings. The molecule has 1 aliphatic rings. The normalized spacial score (nSPS) is 17.4. The lowest BCUT2D eigenvalue weighted by molar-refractivity contribution is 0.0135. The molecule has 2 aromatic carbocycles. The Kier molecular flexibility index (Phi) is 5.41. The van der Waals surface area contributed by atoms with Crippen LogP contribution in [0.3, 0.4) is 0 Å². The van der Waals surface area contributed by atoms with Crippen LogP contribution >= 0.6 is 0 Å². The van der Waals surface area contributed by atoms with E-state index in [4.69, 9.17) is 9.47 Å². The quantitative estimate of drug-likeness (QED) is 0.790. The van der Waals surface area contributed by atoms with Gasteiger partial charge in [0.1, 0.15) is 23.7 Å². The van der Waals surface area contributed by atoms with Crippen molar-refractivity contribution in [1.29, 1.82) is 0 Å². The Morgan fingerprint density at radius 1 is 0.917 bits per heavy atom. The van der Waals surface area contributed by atoms with Gasteiger partial charge in [-0.1, -0.05) is 35.9 Å². The first-order valence-electron chi connectivity index (χ1n) is 8.79. The van der Waals surface area contributed by atoms with Crippen molar-refractivity contribution in [2.24, 2.45) is 0 Å². The first kappa shape index (κ1) is 16.8. The lowest BCUT2D eigenvalue weighted by Crippen LogP contribution is -2.47. The number of ether oxygens (including phenoxy) is 2. The topological polar surface area (TPSA) is 21.7 Å². The Hall–Kier alpha value is -2.00. The summed E-state index contributed by atoms with van der Waals surface area (Å²) in [6.07, 6.45) is 2.10. The van der Waals surface area contributed by atoms with Crippen molar-refractivity contribution in [1.82, 2.24) is 4.90 Å². The van der Waals surface area contributed by atoms with Gasteiger partial charge in [-0.05, 0) is 51.0 Å². The van der Waals surface area contributed by atoms with Gasteiger partial charge in [0.05, 0.1) is 0 Å². The van der Waals surface area contributed by atoms with Gasteiger partial charge in [-0.3, -0.25) is 4.90 Å². The van der Waals surface area contributed by atoms with E-state index in [1.165, 1.54) is 5.56 Å². The van der Waals surface area contributed by atoms with Crippen molar-refractivity contribution in [2.45, 2.75) is 32.3 Å². The van der Waals surface area contributed by atoms with E-state index < -0.39 is 0 Å². The first-order valence-corrected chi connectivity index (χ1v) is 8.79. The van der Waals surface area contributed by atoms with Gasteiger partial charge in [-0.15, -0.1) is 0 Å². The smallest absolute Gasteiger partial charge is 0.120 e. The molecule has 0 aromatic heterocycles. The molecule has 3 rings (SSSR count). The van der Waals surface area contributed by atoms with Crippen LogP contribution in [0.25, 0.3) is 0 Å². The van der Waals surface area contributed by atoms with E-state index in [1.807, 2.05) is 42.5 Å². The molecule has 24 heavy (non-hydrogen) atoms. The number of benzene rings is 2. The van der Waals surface area contributed by atoms with E-state index in [1.54, 1.807) is 0 Å². The molecular formula is C21H27NO2. The van der Waals surface area contributed by atoms with Gasteiger partial charge in [0.25, 0.3) is 0 Å². The van der Waals surface area contributed by atoms with Crippen LogP contribution in [0.15, 0.2) is 54.6 Å². The zero-order valence-corrected chi connectivity index (χ0v) is 14.7. The van der Waals surface area contributed by atoms with Gasteiger partial charge in [0.15, 0.2) is 0 Å². The number of rotatable bonds is 6. The molecule has 0 saturated carbocycles. The molecule has 0 bridgehead atoms. The first-order chi connectivity index (χ1) is 11.6. The van der Waals surface area contributed by atoms with Crippen LogP contribution in [-0.2, 0) is 0 Å². The van der Waals surface area contributed by atoms with Crippen LogP contribution in [0.5, 0.6) is 11.5 Å². The molecule has 3 heteroatoms. The highest BCUT2D eigenvalue weighted by Gasteiger charge is 2.31. The second-order valence-electron chi connectivity index (χ2n) is 6.87. The summed E-state index contributed by atoms with van der Waals surface area (Å²) in [5.41, 5.74) is 1.20. The van der Waals surface area contributed by atoms with E-state index >= 15 is 0 Å². The number of hydrogen-bond donors (Lipinski definition) is 0. The number of nitrogens with zero attached hydrogens (tertiary/aromatic N) is 1. The highest BCUT2D eigenvalue weighted by Crippen LogP contribution is 2.28. The Morgan fingerprint density at radius 2 is 1.58 bits per heavy atom. The van der Waals surface area contributed by atoms with Crippen LogP contribution in [0, 0.1) is 6.92 Å². The maximum Gasteiger partial charge on any atom is 0.120 e. The predicted molar refractivity (Wildman–Crippen MR) is 97.8 cm³/mol. The molecule has 128 valence electrons. The monoisotopic (exact) mass is 325 g/mol. The van der Waals surface area contributed by atoms with Crippen LogP contribution < -0.4 is 9.47 Å². The molecule has 0 amide bonds. The number of piperidine rings is 1. The molecule has 1 heterocycles. The third-order valence-corrected chi connectivity index (χ3v) is 4.72. The molecule has 0 radical (unpaired) electrons. The van der Waals surface area contributed by atoms with Crippen LogP contribution in [-0.4, -0.2) is 36.7 Å². The van der Waals surface area contributed by atoms with Crippen molar-refractivity contribution >= 4 is 0 Å². The highest BCUT2D eigenvalue weighted by atomic mass is 16.5. The van der Waals surface area contributed by atoms with Crippen LogP contribution in [0.2, 0.25) is 0 Å². The molecular weight excluding hydrogens is 298 g/mol. The summed E-state index contributed by atoms with van der Waals surface area (Å²) in [6, 6.07) is 18.4. The molecule has 0 N–H and O–H groups in total. The van der Waals surface area contributed by atoms with E-state index in [0.717, 1.165) is 50.6 Å². The maximum atomic E-state index is 6.22. The molecule has 3 nitrogen and oxygen atoms in total. The van der Waals surface area contributed by atoms with Crippen molar-refractivity contribution in [3.8, 4) is 11.5 Å². The lowest BCUT2D eigenvalue weighted by atomic mass is 9.93. The molecule has 0 aliphatic carbocycles. The largest absolute Gasteiger partial charge is 0.492 e. The maximum absolute atomic E-state index is 6.22. The van der Waals surface area contributed by atoms with Gasteiger partial charge in [-0.2, -0.15) is 0 Å². The van der Waals surface area contributed by atoms with Crippen molar-refractivity contribution in [2.75, 3.05) is 26.2 Å². The predicted octanol–water partition coefficient (Wildman–Crippen LogP) is 4.31. The van der Waals surface area contributed by atoms with Gasteiger partial charge < -0.3 is 9.47 Å². The fourth-order valence-corrected chi connectivity index (χ4v) is 3.05. The summed E-state index contributed by atoms with van der Waals surface area (Å²) in [7, 11) is 0. The van der Waals surface area contributed by atoms with Crippen LogP contribution in [0.4, 0.5) is 0 Å². The second kappa shape index (κ2) is 7.71. The van der Waals surface area contributed by atoms with Crippen molar-refractivity contribution in [3.05, 3.63) is 60.2 Å². The Balaban J connectivity index is 1.41. The zero-order valence-electron chi connectivity index (χ0n) is 14.7. The molecule has 1 saturated heterocycles.